The molecule has 1 aliphatic rings. The van der Waals surface area contributed by atoms with Crippen molar-refractivity contribution in [1.82, 2.24) is 9.97 Å². The van der Waals surface area contributed by atoms with E-state index in [-0.39, 0.29) is 5.91 Å². The molecule has 0 aliphatic carbocycles. The summed E-state index contributed by atoms with van der Waals surface area (Å²) < 4.78 is 5.89. The lowest BCUT2D eigenvalue weighted by Gasteiger charge is -2.32. The SMILES string of the molecule is O=C(CCN1c2ccccc2Sc2ccccc21)Nc1ncccc1OCc1ccncc1. The maximum Gasteiger partial charge on any atom is 0.227 e. The third kappa shape index (κ3) is 4.83. The van der Waals surface area contributed by atoms with Crippen molar-refractivity contribution < 1.29 is 9.53 Å². The van der Waals surface area contributed by atoms with E-state index in [2.05, 4.69) is 44.5 Å². The maximum atomic E-state index is 12.9. The molecule has 33 heavy (non-hydrogen) atoms. The molecule has 1 N–H and O–H groups in total. The largest absolute Gasteiger partial charge is 0.485 e. The van der Waals surface area contributed by atoms with Gasteiger partial charge in [0.1, 0.15) is 6.61 Å². The molecule has 1 aliphatic heterocycles. The Morgan fingerprint density at radius 1 is 0.879 bits per heavy atom. The number of rotatable bonds is 7. The second kappa shape index (κ2) is 9.75. The van der Waals surface area contributed by atoms with Crippen LogP contribution in [0, 0.1) is 0 Å². The standard InChI is InChI=1S/C26H22N4O2S/c31-25(29-26-22(8-5-14-28-26)32-18-19-11-15-27-16-12-19)13-17-30-20-6-1-3-9-23(20)33-24-10-4-2-7-21(24)30/h1-12,14-16H,13,17-18H2,(H,28,29,31). The van der Waals surface area contributed by atoms with Gasteiger partial charge < -0.3 is 15.0 Å². The number of pyridine rings is 2. The Morgan fingerprint density at radius 2 is 1.58 bits per heavy atom. The van der Waals surface area contributed by atoms with Gasteiger partial charge in [-0.1, -0.05) is 36.0 Å². The normalized spacial score (nSPS) is 11.9. The van der Waals surface area contributed by atoms with Crippen molar-refractivity contribution >= 4 is 34.9 Å². The summed E-state index contributed by atoms with van der Waals surface area (Å²) in [5, 5.41) is 2.92. The van der Waals surface area contributed by atoms with Crippen molar-refractivity contribution in [3.05, 3.63) is 97.0 Å². The molecule has 2 aromatic heterocycles. The summed E-state index contributed by atoms with van der Waals surface area (Å²) in [7, 11) is 0. The van der Waals surface area contributed by atoms with Gasteiger partial charge in [0, 0.05) is 41.3 Å². The van der Waals surface area contributed by atoms with Crippen LogP contribution in [0.15, 0.2) is 101 Å². The molecule has 6 nitrogen and oxygen atoms in total. The average molecular weight is 455 g/mol. The predicted octanol–water partition coefficient (Wildman–Crippen LogP) is 5.69. The van der Waals surface area contributed by atoms with Gasteiger partial charge in [0.2, 0.25) is 5.91 Å². The summed E-state index contributed by atoms with van der Waals surface area (Å²) >= 11 is 1.76. The molecule has 7 heteroatoms. The molecule has 0 unspecified atom stereocenters. The number of anilines is 3. The number of hydrogen-bond acceptors (Lipinski definition) is 6. The molecule has 0 saturated carbocycles. The lowest BCUT2D eigenvalue weighted by atomic mass is 10.2. The van der Waals surface area contributed by atoms with Crippen LogP contribution in [-0.4, -0.2) is 22.4 Å². The Labute approximate surface area is 196 Å². The highest BCUT2D eigenvalue weighted by Crippen LogP contribution is 2.47. The smallest absolute Gasteiger partial charge is 0.227 e. The van der Waals surface area contributed by atoms with Crippen LogP contribution in [0.1, 0.15) is 12.0 Å². The van der Waals surface area contributed by atoms with Crippen LogP contribution in [0.2, 0.25) is 0 Å². The van der Waals surface area contributed by atoms with Crippen LogP contribution in [0.5, 0.6) is 5.75 Å². The number of nitrogens with one attached hydrogen (secondary N) is 1. The molecule has 0 spiro atoms. The molecule has 1 amide bonds. The van der Waals surface area contributed by atoms with Gasteiger partial charge in [0.15, 0.2) is 11.6 Å². The number of aromatic nitrogens is 2. The third-order valence-corrected chi connectivity index (χ3v) is 6.40. The van der Waals surface area contributed by atoms with Crippen molar-refractivity contribution in [1.29, 1.82) is 0 Å². The van der Waals surface area contributed by atoms with Crippen LogP contribution in [-0.2, 0) is 11.4 Å². The zero-order chi connectivity index (χ0) is 22.5. The van der Waals surface area contributed by atoms with Crippen molar-refractivity contribution in [3.63, 3.8) is 0 Å². The van der Waals surface area contributed by atoms with E-state index in [1.54, 1.807) is 42.5 Å². The highest BCUT2D eigenvalue weighted by atomic mass is 32.2. The highest BCUT2D eigenvalue weighted by molar-refractivity contribution is 7.99. The zero-order valence-electron chi connectivity index (χ0n) is 17.8. The van der Waals surface area contributed by atoms with Crippen molar-refractivity contribution in [2.24, 2.45) is 0 Å². The lowest BCUT2D eigenvalue weighted by Crippen LogP contribution is -2.26. The van der Waals surface area contributed by atoms with Crippen LogP contribution in [0.3, 0.4) is 0 Å². The second-order valence-corrected chi connectivity index (χ2v) is 8.57. The number of nitrogens with zero attached hydrogens (tertiary/aromatic N) is 3. The summed E-state index contributed by atoms with van der Waals surface area (Å²) in [6.07, 6.45) is 5.40. The van der Waals surface area contributed by atoms with E-state index in [9.17, 15) is 4.79 Å². The number of fused-ring (bicyclic) bond motifs is 2. The van der Waals surface area contributed by atoms with Gasteiger partial charge in [-0.15, -0.1) is 0 Å². The van der Waals surface area contributed by atoms with Crippen molar-refractivity contribution in [2.45, 2.75) is 22.8 Å². The Bertz CT molecular complexity index is 1220. The minimum absolute atomic E-state index is 0.115. The first-order chi connectivity index (χ1) is 16.3. The molecule has 5 rings (SSSR count). The Morgan fingerprint density at radius 3 is 2.30 bits per heavy atom. The maximum absolute atomic E-state index is 12.9. The molecule has 4 aromatic rings. The highest BCUT2D eigenvalue weighted by Gasteiger charge is 2.23. The first-order valence-electron chi connectivity index (χ1n) is 10.7. The minimum Gasteiger partial charge on any atom is -0.485 e. The van der Waals surface area contributed by atoms with Gasteiger partial charge >= 0.3 is 0 Å². The van der Waals surface area contributed by atoms with Crippen LogP contribution < -0.4 is 15.0 Å². The summed E-state index contributed by atoms with van der Waals surface area (Å²) in [6, 6.07) is 23.9. The van der Waals surface area contributed by atoms with Crippen molar-refractivity contribution in [2.75, 3.05) is 16.8 Å². The number of carbonyl (C=O) groups is 1. The number of hydrogen-bond donors (Lipinski definition) is 1. The van der Waals surface area contributed by atoms with Gasteiger partial charge in [-0.3, -0.25) is 9.78 Å². The molecular formula is C26H22N4O2S. The van der Waals surface area contributed by atoms with E-state index in [0.29, 0.717) is 31.1 Å². The van der Waals surface area contributed by atoms with Crippen LogP contribution >= 0.6 is 11.8 Å². The number of benzene rings is 2. The predicted molar refractivity (Wildman–Crippen MR) is 130 cm³/mol. The molecule has 0 saturated heterocycles. The molecule has 3 heterocycles. The Balaban J connectivity index is 1.27. The van der Waals surface area contributed by atoms with Gasteiger partial charge in [-0.05, 0) is 54.1 Å². The summed E-state index contributed by atoms with van der Waals surface area (Å²) in [4.78, 5) is 25.8. The average Bonchev–Trinajstić information content (AvgIpc) is 2.86. The summed E-state index contributed by atoms with van der Waals surface area (Å²) in [6.45, 7) is 0.927. The van der Waals surface area contributed by atoms with Gasteiger partial charge in [0.05, 0.1) is 11.4 Å². The topological polar surface area (TPSA) is 67.4 Å². The monoisotopic (exact) mass is 454 g/mol. The van der Waals surface area contributed by atoms with Crippen LogP contribution in [0.4, 0.5) is 17.2 Å². The zero-order valence-corrected chi connectivity index (χ0v) is 18.7. The van der Waals surface area contributed by atoms with E-state index in [4.69, 9.17) is 4.74 Å². The molecule has 0 atom stereocenters. The van der Waals surface area contributed by atoms with Crippen molar-refractivity contribution in [3.8, 4) is 5.75 Å². The van der Waals surface area contributed by atoms with Gasteiger partial charge in [0.25, 0.3) is 0 Å². The van der Waals surface area contributed by atoms with E-state index >= 15 is 0 Å². The van der Waals surface area contributed by atoms with Gasteiger partial charge in [-0.25, -0.2) is 4.98 Å². The summed E-state index contributed by atoms with van der Waals surface area (Å²) in [5.41, 5.74) is 3.23. The van der Waals surface area contributed by atoms with E-state index < -0.39 is 0 Å². The number of ether oxygens (including phenoxy) is 1. The molecule has 0 fully saturated rings. The lowest BCUT2D eigenvalue weighted by molar-refractivity contribution is -0.116. The molecule has 0 bridgehead atoms. The number of carbonyl (C=O) groups excluding carboxylic acids is 1. The van der Waals surface area contributed by atoms with E-state index in [1.807, 2.05) is 36.4 Å². The second-order valence-electron chi connectivity index (χ2n) is 7.48. The van der Waals surface area contributed by atoms with Gasteiger partial charge in [-0.2, -0.15) is 0 Å². The number of para-hydroxylation sites is 2. The molecular weight excluding hydrogens is 432 g/mol. The summed E-state index contributed by atoms with van der Waals surface area (Å²) in [5.74, 6) is 0.843. The third-order valence-electron chi connectivity index (χ3n) is 5.27. The first-order valence-corrected chi connectivity index (χ1v) is 11.5. The van der Waals surface area contributed by atoms with E-state index in [0.717, 1.165) is 16.9 Å². The molecule has 0 radical (unpaired) electrons. The molecule has 2 aromatic carbocycles. The van der Waals surface area contributed by atoms with Crippen LogP contribution in [0.25, 0.3) is 0 Å². The quantitative estimate of drug-likeness (QED) is 0.387. The fourth-order valence-electron chi connectivity index (χ4n) is 3.67. The molecule has 164 valence electrons. The minimum atomic E-state index is -0.115. The fourth-order valence-corrected chi connectivity index (χ4v) is 4.77. The number of amides is 1. The fraction of sp³-hybridized carbons (Fsp3) is 0.115. The first kappa shape index (κ1) is 21.0. The Kier molecular flexibility index (Phi) is 6.21. The Hall–Kier alpha value is -3.84. The van der Waals surface area contributed by atoms with E-state index in [1.165, 1.54) is 9.79 Å².